The minimum atomic E-state index is 0.252. The van der Waals surface area contributed by atoms with E-state index in [1.807, 2.05) is 12.1 Å². The molecule has 2 heterocycles. The number of nitrogens with one attached hydrogen (secondary N) is 1. The van der Waals surface area contributed by atoms with E-state index in [1.54, 1.807) is 6.20 Å². The lowest BCUT2D eigenvalue weighted by molar-refractivity contribution is 0.0852. The number of hydrogen-bond donors (Lipinski definition) is 2. The third-order valence-corrected chi connectivity index (χ3v) is 7.32. The van der Waals surface area contributed by atoms with Crippen LogP contribution in [0.5, 0.6) is 0 Å². The van der Waals surface area contributed by atoms with Crippen LogP contribution >= 0.6 is 0 Å². The van der Waals surface area contributed by atoms with Crippen molar-refractivity contribution in [3.8, 4) is 22.4 Å². The van der Waals surface area contributed by atoms with Crippen LogP contribution in [0.3, 0.4) is 0 Å². The number of fused-ring (bicyclic) bond motifs is 1. The van der Waals surface area contributed by atoms with Crippen molar-refractivity contribution in [1.29, 1.82) is 0 Å². The summed E-state index contributed by atoms with van der Waals surface area (Å²) >= 11 is 0. The monoisotopic (exact) mass is 422 g/mol. The van der Waals surface area contributed by atoms with Crippen molar-refractivity contribution in [2.24, 2.45) is 11.3 Å². The maximum absolute atomic E-state index is 5.72. The van der Waals surface area contributed by atoms with Gasteiger partial charge < -0.3 is 5.43 Å². The molecule has 1 fully saturated rings. The highest BCUT2D eigenvalue weighted by molar-refractivity contribution is 5.96. The molecule has 5 rings (SSSR count). The van der Waals surface area contributed by atoms with Crippen molar-refractivity contribution in [2.75, 3.05) is 5.43 Å². The second-order valence-corrected chi connectivity index (χ2v) is 9.88. The van der Waals surface area contributed by atoms with Crippen LogP contribution in [0, 0.1) is 5.41 Å². The Morgan fingerprint density at radius 2 is 1.62 bits per heavy atom. The topological polar surface area (TPSA) is 63.8 Å². The number of nitrogen functional groups attached to an aromatic ring is 1. The predicted molar refractivity (Wildman–Crippen MR) is 133 cm³/mol. The molecule has 0 amide bonds. The Morgan fingerprint density at radius 3 is 2.22 bits per heavy atom. The van der Waals surface area contributed by atoms with Crippen LogP contribution in [0.1, 0.15) is 45.6 Å². The van der Waals surface area contributed by atoms with Crippen LogP contribution in [0.2, 0.25) is 0 Å². The molecule has 0 saturated heterocycles. The number of anilines is 1. The van der Waals surface area contributed by atoms with E-state index in [0.29, 0.717) is 5.82 Å². The number of aromatic nitrogens is 2. The molecule has 4 heteroatoms. The first-order chi connectivity index (χ1) is 15.4. The van der Waals surface area contributed by atoms with E-state index in [4.69, 9.17) is 10.8 Å². The van der Waals surface area contributed by atoms with Crippen molar-refractivity contribution >= 4 is 16.7 Å². The zero-order chi connectivity index (χ0) is 22.3. The highest BCUT2D eigenvalue weighted by Gasteiger charge is 2.47. The smallest absolute Gasteiger partial charge is 0.149 e. The van der Waals surface area contributed by atoms with Gasteiger partial charge in [0, 0.05) is 28.1 Å². The summed E-state index contributed by atoms with van der Waals surface area (Å²) in [6.07, 6.45) is 5.58. The Hall–Kier alpha value is -3.24. The van der Waals surface area contributed by atoms with Crippen LogP contribution in [0.25, 0.3) is 33.3 Å². The van der Waals surface area contributed by atoms with E-state index < -0.39 is 0 Å². The second-order valence-electron chi connectivity index (χ2n) is 9.88. The molecule has 0 bridgehead atoms. The number of rotatable bonds is 4. The van der Waals surface area contributed by atoms with E-state index in [2.05, 4.69) is 85.8 Å². The van der Waals surface area contributed by atoms with E-state index >= 15 is 0 Å². The first kappa shape index (κ1) is 20.7. The summed E-state index contributed by atoms with van der Waals surface area (Å²) in [5, 5.41) is 0.912. The summed E-state index contributed by atoms with van der Waals surface area (Å²) < 4.78 is 0. The molecule has 2 aromatic carbocycles. The van der Waals surface area contributed by atoms with Gasteiger partial charge in [0.2, 0.25) is 0 Å². The van der Waals surface area contributed by atoms with Crippen molar-refractivity contribution in [1.82, 2.24) is 9.97 Å². The largest absolute Gasteiger partial charge is 0.308 e. The van der Waals surface area contributed by atoms with Gasteiger partial charge in [-0.3, -0.25) is 0 Å². The van der Waals surface area contributed by atoms with Gasteiger partial charge in [0.25, 0.3) is 0 Å². The molecule has 162 valence electrons. The van der Waals surface area contributed by atoms with Gasteiger partial charge in [0.1, 0.15) is 5.82 Å². The Morgan fingerprint density at radius 1 is 0.906 bits per heavy atom. The third-order valence-electron chi connectivity index (χ3n) is 7.32. The van der Waals surface area contributed by atoms with Crippen LogP contribution < -0.4 is 11.3 Å². The molecule has 0 radical (unpaired) electrons. The number of pyridine rings is 2. The van der Waals surface area contributed by atoms with Crippen molar-refractivity contribution in [2.45, 2.75) is 45.4 Å². The maximum Gasteiger partial charge on any atom is 0.149 e. The Labute approximate surface area is 189 Å². The lowest BCUT2D eigenvalue weighted by Gasteiger charge is -2.52. The summed E-state index contributed by atoms with van der Waals surface area (Å²) in [5.74, 6) is 6.36. The molecule has 2 aromatic heterocycles. The molecule has 3 N–H and O–H groups in total. The lowest BCUT2D eigenvalue weighted by atomic mass is 9.52. The van der Waals surface area contributed by atoms with E-state index in [9.17, 15) is 0 Å². The Kier molecular flexibility index (Phi) is 4.98. The molecule has 1 aliphatic carbocycles. The first-order valence-corrected chi connectivity index (χ1v) is 11.4. The number of nitrogens with two attached hydrogens (primary N) is 1. The zero-order valence-electron chi connectivity index (χ0n) is 19.0. The van der Waals surface area contributed by atoms with Crippen molar-refractivity contribution in [3.05, 3.63) is 78.5 Å². The Balaban J connectivity index is 1.67. The predicted octanol–water partition coefficient (Wildman–Crippen LogP) is 6.72. The molecular formula is C28H30N4. The average Bonchev–Trinajstić information content (AvgIpc) is 2.77. The van der Waals surface area contributed by atoms with Gasteiger partial charge >= 0.3 is 0 Å². The van der Waals surface area contributed by atoms with Crippen molar-refractivity contribution < 1.29 is 0 Å². The summed E-state index contributed by atoms with van der Waals surface area (Å²) in [5.41, 5.74) is 9.85. The molecule has 0 aliphatic heterocycles. The van der Waals surface area contributed by atoms with Crippen LogP contribution in [-0.2, 0) is 5.41 Å². The molecule has 0 atom stereocenters. The fraction of sp³-hybridized carbons (Fsp3) is 0.286. The standard InChI is InChI=1S/C28H30N4/c1-27(2,3)28(15-7-16-28)21-12-10-20(11-13-21)25-22(19-8-5-4-6-9-19)18-23-24(31-25)14-17-30-26(23)32-29/h4-6,8-14,17-18H,7,15-16,29H2,1-3H3,(H,30,32). The quantitative estimate of drug-likeness (QED) is 0.283. The van der Waals surface area contributed by atoms with Crippen LogP contribution in [0.4, 0.5) is 5.82 Å². The molecule has 32 heavy (non-hydrogen) atoms. The molecule has 0 spiro atoms. The number of hydrogen-bond acceptors (Lipinski definition) is 4. The molecule has 1 aliphatic rings. The highest BCUT2D eigenvalue weighted by atomic mass is 15.2. The molecule has 4 nitrogen and oxygen atoms in total. The van der Waals surface area contributed by atoms with Gasteiger partial charge in [-0.2, -0.15) is 0 Å². The summed E-state index contributed by atoms with van der Waals surface area (Å²) in [7, 11) is 0. The Bertz CT molecular complexity index is 1250. The summed E-state index contributed by atoms with van der Waals surface area (Å²) in [6, 6.07) is 23.6. The maximum atomic E-state index is 5.72. The molecular weight excluding hydrogens is 392 g/mol. The lowest BCUT2D eigenvalue weighted by Crippen LogP contribution is -2.45. The minimum Gasteiger partial charge on any atom is -0.308 e. The number of hydrazine groups is 1. The zero-order valence-corrected chi connectivity index (χ0v) is 19.0. The van der Waals surface area contributed by atoms with Gasteiger partial charge in [-0.05, 0) is 41.5 Å². The van der Waals surface area contributed by atoms with Gasteiger partial charge in [-0.1, -0.05) is 81.8 Å². The first-order valence-electron chi connectivity index (χ1n) is 11.4. The minimum absolute atomic E-state index is 0.252. The molecule has 4 aromatic rings. The normalized spacial score (nSPS) is 15.4. The van der Waals surface area contributed by atoms with Gasteiger partial charge in [-0.15, -0.1) is 0 Å². The van der Waals surface area contributed by atoms with Crippen LogP contribution in [0.15, 0.2) is 72.9 Å². The third kappa shape index (κ3) is 3.26. The molecule has 0 unspecified atom stereocenters. The highest BCUT2D eigenvalue weighted by Crippen LogP contribution is 2.55. The van der Waals surface area contributed by atoms with Gasteiger partial charge in [-0.25, -0.2) is 15.8 Å². The number of nitrogens with zero attached hydrogens (tertiary/aromatic N) is 2. The fourth-order valence-electron chi connectivity index (χ4n) is 5.22. The average molecular weight is 423 g/mol. The van der Waals surface area contributed by atoms with Gasteiger partial charge in [0.05, 0.1) is 11.2 Å². The van der Waals surface area contributed by atoms with Crippen molar-refractivity contribution in [3.63, 3.8) is 0 Å². The fourth-order valence-corrected chi connectivity index (χ4v) is 5.22. The van der Waals surface area contributed by atoms with E-state index in [-0.39, 0.29) is 10.8 Å². The summed E-state index contributed by atoms with van der Waals surface area (Å²) in [6.45, 7) is 7.11. The second kappa shape index (κ2) is 7.72. The van der Waals surface area contributed by atoms with Crippen LogP contribution in [-0.4, -0.2) is 9.97 Å². The van der Waals surface area contributed by atoms with Gasteiger partial charge in [0.15, 0.2) is 0 Å². The number of benzene rings is 2. The SMILES string of the molecule is CC(C)(C)C1(c2ccc(-c3nc4ccnc(NN)c4cc3-c3ccccc3)cc2)CCC1. The van der Waals surface area contributed by atoms with E-state index in [0.717, 1.165) is 33.3 Å². The summed E-state index contributed by atoms with van der Waals surface area (Å²) in [4.78, 5) is 9.43. The molecule has 1 saturated carbocycles. The van der Waals surface area contributed by atoms with E-state index in [1.165, 1.54) is 24.8 Å².